The zero-order valence-corrected chi connectivity index (χ0v) is 19.4. The lowest BCUT2D eigenvalue weighted by molar-refractivity contribution is 0.0749. The Hall–Kier alpha value is -3.45. The normalized spacial score (nSPS) is 11.5. The summed E-state index contributed by atoms with van der Waals surface area (Å²) >= 11 is 0. The highest BCUT2D eigenvalue weighted by atomic mass is 19.1. The number of hydrogen-bond acceptors (Lipinski definition) is 3. The first kappa shape index (κ1) is 22.7. The molecule has 33 heavy (non-hydrogen) atoms. The lowest BCUT2D eigenvalue weighted by atomic mass is 10.1. The van der Waals surface area contributed by atoms with Crippen LogP contribution < -0.4 is 5.32 Å². The first-order chi connectivity index (χ1) is 15.8. The van der Waals surface area contributed by atoms with Crippen LogP contribution in [-0.2, 0) is 11.3 Å². The van der Waals surface area contributed by atoms with Gasteiger partial charge in [-0.1, -0.05) is 12.1 Å². The van der Waals surface area contributed by atoms with Gasteiger partial charge in [-0.15, -0.1) is 0 Å². The van der Waals surface area contributed by atoms with Crippen LogP contribution >= 0.6 is 0 Å². The van der Waals surface area contributed by atoms with Crippen LogP contribution in [0.15, 0.2) is 48.5 Å². The van der Waals surface area contributed by atoms with Gasteiger partial charge >= 0.3 is 0 Å². The highest BCUT2D eigenvalue weighted by molar-refractivity contribution is 6.06. The number of halogens is 1. The maximum absolute atomic E-state index is 13.4. The van der Waals surface area contributed by atoms with E-state index < -0.39 is 0 Å². The summed E-state index contributed by atoms with van der Waals surface area (Å²) in [6.07, 6.45) is 0.966. The third kappa shape index (κ3) is 4.83. The van der Waals surface area contributed by atoms with Crippen LogP contribution in [0.25, 0.3) is 22.4 Å². The number of imidazole rings is 1. The molecule has 0 aliphatic rings. The Morgan fingerprint density at radius 1 is 1.15 bits per heavy atom. The third-order valence-corrected chi connectivity index (χ3v) is 5.77. The molecule has 0 aliphatic carbocycles. The van der Waals surface area contributed by atoms with Crippen LogP contribution in [0, 0.1) is 19.7 Å². The molecule has 0 aliphatic heterocycles. The molecule has 4 rings (SSSR count). The molecule has 2 aromatic carbocycles. The summed E-state index contributed by atoms with van der Waals surface area (Å²) in [5.74, 6) is 0.686. The van der Waals surface area contributed by atoms with Crippen LogP contribution in [0.3, 0.4) is 0 Å². The van der Waals surface area contributed by atoms with Crippen molar-refractivity contribution in [1.82, 2.24) is 14.5 Å². The maximum atomic E-state index is 13.4. The van der Waals surface area contributed by atoms with Crippen LogP contribution in [0.1, 0.15) is 41.9 Å². The van der Waals surface area contributed by atoms with Gasteiger partial charge in [0, 0.05) is 24.4 Å². The van der Waals surface area contributed by atoms with Crippen LogP contribution in [0.5, 0.6) is 0 Å². The van der Waals surface area contributed by atoms with E-state index in [2.05, 4.69) is 14.9 Å². The number of fused-ring (bicyclic) bond motifs is 1. The van der Waals surface area contributed by atoms with Crippen molar-refractivity contribution in [3.8, 4) is 11.4 Å². The monoisotopic (exact) mass is 448 g/mol. The molecule has 0 saturated heterocycles. The number of para-hydroxylation sites is 2. The van der Waals surface area contributed by atoms with E-state index in [1.165, 1.54) is 24.3 Å². The summed E-state index contributed by atoms with van der Waals surface area (Å²) in [5.41, 5.74) is 5.11. The predicted octanol–water partition coefficient (Wildman–Crippen LogP) is 5.85. The van der Waals surface area contributed by atoms with Crippen molar-refractivity contribution in [3.63, 3.8) is 0 Å². The number of hydrogen-bond donors (Lipinski definition) is 2. The number of nitrogens with one attached hydrogen (secondary N) is 2. The smallest absolute Gasteiger partial charge is 0.256 e. The lowest BCUT2D eigenvalue weighted by Crippen LogP contribution is -2.17. The van der Waals surface area contributed by atoms with E-state index in [0.29, 0.717) is 30.4 Å². The van der Waals surface area contributed by atoms with Gasteiger partial charge in [0.05, 0.1) is 22.7 Å². The maximum Gasteiger partial charge on any atom is 0.256 e. The lowest BCUT2D eigenvalue weighted by Gasteiger charge is -2.15. The molecule has 2 N–H and O–H groups in total. The van der Waals surface area contributed by atoms with Crippen molar-refractivity contribution in [2.75, 3.05) is 11.9 Å². The van der Waals surface area contributed by atoms with Crippen LogP contribution in [0.4, 0.5) is 10.2 Å². The van der Waals surface area contributed by atoms with Gasteiger partial charge in [-0.05, 0) is 76.1 Å². The number of benzene rings is 2. The highest BCUT2D eigenvalue weighted by Gasteiger charge is 2.23. The van der Waals surface area contributed by atoms with Gasteiger partial charge in [0.15, 0.2) is 0 Å². The summed E-state index contributed by atoms with van der Waals surface area (Å²) in [4.78, 5) is 21.2. The van der Waals surface area contributed by atoms with Crippen molar-refractivity contribution in [3.05, 3.63) is 71.2 Å². The number of nitrogens with zero attached hydrogens (tertiary/aromatic N) is 2. The summed E-state index contributed by atoms with van der Waals surface area (Å²) in [6, 6.07) is 13.4. The van der Waals surface area contributed by atoms with Gasteiger partial charge in [0.2, 0.25) is 0 Å². The van der Waals surface area contributed by atoms with E-state index in [9.17, 15) is 9.18 Å². The van der Waals surface area contributed by atoms with E-state index in [4.69, 9.17) is 9.72 Å². The number of rotatable bonds is 8. The third-order valence-electron chi connectivity index (χ3n) is 5.77. The molecular formula is C26H29FN4O2. The quantitative estimate of drug-likeness (QED) is 0.332. The molecule has 0 bridgehead atoms. The molecule has 1 amide bonds. The second-order valence-electron chi connectivity index (χ2n) is 8.42. The second kappa shape index (κ2) is 9.58. The molecule has 0 unspecified atom stereocenters. The summed E-state index contributed by atoms with van der Waals surface area (Å²) in [5, 5.41) is 3.07. The van der Waals surface area contributed by atoms with Crippen molar-refractivity contribution in [2.45, 2.75) is 46.8 Å². The Bertz CT molecular complexity index is 1240. The summed E-state index contributed by atoms with van der Waals surface area (Å²) in [7, 11) is 0. The van der Waals surface area contributed by atoms with Gasteiger partial charge in [-0.2, -0.15) is 0 Å². The molecule has 172 valence electrons. The first-order valence-corrected chi connectivity index (χ1v) is 11.2. The molecule has 2 heterocycles. The first-order valence-electron chi connectivity index (χ1n) is 11.2. The van der Waals surface area contributed by atoms with E-state index in [1.807, 2.05) is 52.0 Å². The SMILES string of the molecule is Cc1c(-c2nc3ccccc3[nH]2)c(NC(=O)c2ccc(F)cc2)n(CCCOC(C)C)c1C. The minimum Gasteiger partial charge on any atom is -0.379 e. The summed E-state index contributed by atoms with van der Waals surface area (Å²) < 4.78 is 21.2. The van der Waals surface area contributed by atoms with E-state index >= 15 is 0 Å². The molecule has 0 spiro atoms. The molecule has 2 aromatic heterocycles. The highest BCUT2D eigenvalue weighted by Crippen LogP contribution is 2.36. The largest absolute Gasteiger partial charge is 0.379 e. The average Bonchev–Trinajstić information content (AvgIpc) is 3.31. The van der Waals surface area contributed by atoms with Gasteiger partial charge in [0.25, 0.3) is 5.91 Å². The fourth-order valence-electron chi connectivity index (χ4n) is 3.96. The Labute approximate surface area is 192 Å². The molecule has 0 radical (unpaired) electrons. The zero-order valence-electron chi connectivity index (χ0n) is 19.4. The van der Waals surface area contributed by atoms with Crippen molar-refractivity contribution < 1.29 is 13.9 Å². The number of anilines is 1. The van der Waals surface area contributed by atoms with Crippen molar-refractivity contribution in [1.29, 1.82) is 0 Å². The Morgan fingerprint density at radius 2 is 1.88 bits per heavy atom. The zero-order chi connectivity index (χ0) is 23.5. The van der Waals surface area contributed by atoms with E-state index in [0.717, 1.165) is 34.3 Å². The molecule has 4 aromatic rings. The van der Waals surface area contributed by atoms with Crippen molar-refractivity contribution >= 4 is 22.8 Å². The molecule has 0 fully saturated rings. The number of aromatic amines is 1. The number of aromatic nitrogens is 3. The fraction of sp³-hybridized carbons (Fsp3) is 0.308. The second-order valence-corrected chi connectivity index (χ2v) is 8.42. The molecular weight excluding hydrogens is 419 g/mol. The number of ether oxygens (including phenoxy) is 1. The molecule has 0 saturated carbocycles. The number of carbonyl (C=O) groups excluding carboxylic acids is 1. The average molecular weight is 449 g/mol. The summed E-state index contributed by atoms with van der Waals surface area (Å²) in [6.45, 7) is 9.40. The van der Waals surface area contributed by atoms with E-state index in [1.54, 1.807) is 0 Å². The molecule has 6 nitrogen and oxygen atoms in total. The number of amides is 1. The van der Waals surface area contributed by atoms with Crippen LogP contribution in [-0.4, -0.2) is 33.2 Å². The minimum absolute atomic E-state index is 0.168. The van der Waals surface area contributed by atoms with Gasteiger partial charge < -0.3 is 19.6 Å². The topological polar surface area (TPSA) is 71.9 Å². The van der Waals surface area contributed by atoms with Gasteiger partial charge in [0.1, 0.15) is 17.5 Å². The molecule has 0 atom stereocenters. The number of carbonyl (C=O) groups is 1. The van der Waals surface area contributed by atoms with E-state index in [-0.39, 0.29) is 17.8 Å². The number of H-pyrrole nitrogens is 1. The fourth-order valence-corrected chi connectivity index (χ4v) is 3.96. The Balaban J connectivity index is 1.75. The standard InChI is InChI=1S/C26H29FN4O2/c1-16(2)33-15-7-14-31-18(4)17(3)23(24-28-21-8-5-6-9-22(21)29-24)25(31)30-26(32)19-10-12-20(27)13-11-19/h5-6,8-13,16H,7,14-15H2,1-4H3,(H,28,29)(H,30,32). The molecule has 7 heteroatoms. The Kier molecular flexibility index (Phi) is 6.60. The van der Waals surface area contributed by atoms with Crippen molar-refractivity contribution in [2.24, 2.45) is 0 Å². The van der Waals surface area contributed by atoms with Gasteiger partial charge in [-0.3, -0.25) is 4.79 Å². The Morgan fingerprint density at radius 3 is 2.58 bits per heavy atom. The van der Waals surface area contributed by atoms with Gasteiger partial charge in [-0.25, -0.2) is 9.37 Å². The predicted molar refractivity (Wildman–Crippen MR) is 129 cm³/mol. The minimum atomic E-state index is -0.380. The van der Waals surface area contributed by atoms with Crippen LogP contribution in [0.2, 0.25) is 0 Å².